The quantitative estimate of drug-likeness (QED) is 0.616. The molecule has 0 radical (unpaired) electrons. The number of carbonyl (C=O) groups excluding carboxylic acids is 1. The van der Waals surface area contributed by atoms with Crippen molar-refractivity contribution >= 4 is 23.1 Å². The maximum Gasteiger partial charge on any atom is 0.275 e. The Labute approximate surface area is 158 Å². The molecule has 3 aromatic rings. The first kappa shape index (κ1) is 19.2. The highest BCUT2D eigenvalue weighted by molar-refractivity contribution is 6.03. The summed E-state index contributed by atoms with van der Waals surface area (Å²) in [5.74, 6) is -4.23. The van der Waals surface area contributed by atoms with Crippen molar-refractivity contribution in [3.8, 4) is 5.75 Å². The number of nitrogens with one attached hydrogen (secondary N) is 2. The molecule has 9 heteroatoms. The van der Waals surface area contributed by atoms with Crippen molar-refractivity contribution < 1.29 is 22.7 Å². The van der Waals surface area contributed by atoms with Crippen LogP contribution in [0.25, 0.3) is 0 Å². The van der Waals surface area contributed by atoms with Crippen LogP contribution in [0.15, 0.2) is 48.8 Å². The number of amides is 1. The van der Waals surface area contributed by atoms with Crippen molar-refractivity contribution in [3.63, 3.8) is 0 Å². The minimum absolute atomic E-state index is 0.00242. The smallest absolute Gasteiger partial charge is 0.275 e. The van der Waals surface area contributed by atoms with E-state index in [1.807, 2.05) is 6.92 Å². The molecule has 2 N–H and O–H groups in total. The van der Waals surface area contributed by atoms with Crippen molar-refractivity contribution in [3.05, 3.63) is 71.9 Å². The van der Waals surface area contributed by atoms with Crippen molar-refractivity contribution in [1.29, 1.82) is 0 Å². The molecule has 0 aliphatic carbocycles. The average Bonchev–Trinajstić information content (AvgIpc) is 2.70. The number of halogens is 3. The van der Waals surface area contributed by atoms with E-state index in [1.165, 1.54) is 12.4 Å². The van der Waals surface area contributed by atoms with Gasteiger partial charge >= 0.3 is 0 Å². The highest BCUT2D eigenvalue weighted by atomic mass is 19.2. The zero-order chi connectivity index (χ0) is 20.1. The number of ether oxygens (including phenoxy) is 1. The van der Waals surface area contributed by atoms with Crippen LogP contribution in [0.5, 0.6) is 5.75 Å². The first-order valence-corrected chi connectivity index (χ1v) is 8.25. The largest absolute Gasteiger partial charge is 0.492 e. The van der Waals surface area contributed by atoms with E-state index in [9.17, 15) is 18.0 Å². The van der Waals surface area contributed by atoms with Crippen LogP contribution in [-0.4, -0.2) is 22.5 Å². The molecule has 0 fully saturated rings. The molecule has 0 aliphatic heterocycles. The predicted molar refractivity (Wildman–Crippen MR) is 97.2 cm³/mol. The Bertz CT molecular complexity index is 997. The van der Waals surface area contributed by atoms with Crippen LogP contribution in [0, 0.1) is 17.5 Å². The summed E-state index contributed by atoms with van der Waals surface area (Å²) in [7, 11) is 0. The molecule has 0 spiro atoms. The third-order valence-corrected chi connectivity index (χ3v) is 3.62. The number of hydrogen-bond donors (Lipinski definition) is 2. The molecule has 144 valence electrons. The zero-order valence-electron chi connectivity index (χ0n) is 14.7. The fourth-order valence-corrected chi connectivity index (χ4v) is 2.31. The molecule has 0 saturated carbocycles. The number of rotatable bonds is 6. The number of hydrogen-bond acceptors (Lipinski definition) is 5. The summed E-state index contributed by atoms with van der Waals surface area (Å²) in [5.41, 5.74) is 0.167. The van der Waals surface area contributed by atoms with E-state index in [2.05, 4.69) is 20.6 Å². The maximum absolute atomic E-state index is 13.7. The molecule has 6 nitrogen and oxygen atoms in total. The number of benzene rings is 2. The van der Waals surface area contributed by atoms with Gasteiger partial charge in [-0.15, -0.1) is 0 Å². The van der Waals surface area contributed by atoms with E-state index in [0.717, 1.165) is 12.1 Å². The lowest BCUT2D eigenvalue weighted by molar-refractivity contribution is 0.102. The van der Waals surface area contributed by atoms with E-state index in [-0.39, 0.29) is 17.2 Å². The average molecular weight is 388 g/mol. The molecule has 28 heavy (non-hydrogen) atoms. The Kier molecular flexibility index (Phi) is 5.73. The van der Waals surface area contributed by atoms with Gasteiger partial charge in [-0.1, -0.05) is 12.1 Å². The molecular weight excluding hydrogens is 373 g/mol. The van der Waals surface area contributed by atoms with Crippen molar-refractivity contribution in [2.75, 3.05) is 17.2 Å². The second kappa shape index (κ2) is 8.38. The fraction of sp³-hybridized carbons (Fsp3) is 0.105. The molecule has 0 unspecified atom stereocenters. The Balaban J connectivity index is 1.72. The van der Waals surface area contributed by atoms with E-state index in [4.69, 9.17) is 4.74 Å². The Morgan fingerprint density at radius 3 is 2.50 bits per heavy atom. The summed E-state index contributed by atoms with van der Waals surface area (Å²) < 4.78 is 45.4. The summed E-state index contributed by atoms with van der Waals surface area (Å²) in [6.07, 6.45) is 2.34. The SMILES string of the molecule is CCOc1ccccc1NC(=O)c1cnc(Nc2ccc(F)c(F)c2F)cn1. The molecule has 0 saturated heterocycles. The zero-order valence-corrected chi connectivity index (χ0v) is 14.7. The van der Waals surface area contributed by atoms with E-state index >= 15 is 0 Å². The van der Waals surface area contributed by atoms with E-state index in [1.54, 1.807) is 24.3 Å². The molecule has 0 bridgehead atoms. The van der Waals surface area contributed by atoms with E-state index in [0.29, 0.717) is 18.0 Å². The molecule has 0 aliphatic rings. The molecule has 0 atom stereocenters. The van der Waals surface area contributed by atoms with Gasteiger partial charge in [0.1, 0.15) is 17.3 Å². The third-order valence-electron chi connectivity index (χ3n) is 3.62. The first-order chi connectivity index (χ1) is 13.5. The van der Waals surface area contributed by atoms with Gasteiger partial charge in [-0.2, -0.15) is 0 Å². The number of carbonyl (C=O) groups is 1. The van der Waals surface area contributed by atoms with Gasteiger partial charge in [-0.25, -0.2) is 23.1 Å². The summed E-state index contributed by atoms with van der Waals surface area (Å²) in [6, 6.07) is 8.73. The Morgan fingerprint density at radius 2 is 1.79 bits per heavy atom. The van der Waals surface area contributed by atoms with Crippen LogP contribution in [0.2, 0.25) is 0 Å². The van der Waals surface area contributed by atoms with Gasteiger partial charge in [0.25, 0.3) is 5.91 Å². The minimum atomic E-state index is -1.60. The molecule has 1 aromatic heterocycles. The molecule has 2 aromatic carbocycles. The van der Waals surface area contributed by atoms with Crippen LogP contribution in [0.3, 0.4) is 0 Å². The Hall–Kier alpha value is -3.62. The molecule has 3 rings (SSSR count). The summed E-state index contributed by atoms with van der Waals surface area (Å²) in [5, 5.41) is 5.14. The second-order valence-electron chi connectivity index (χ2n) is 5.52. The van der Waals surface area contributed by atoms with Crippen molar-refractivity contribution in [1.82, 2.24) is 9.97 Å². The van der Waals surface area contributed by atoms with Gasteiger partial charge in [0.2, 0.25) is 0 Å². The summed E-state index contributed by atoms with van der Waals surface area (Å²) in [4.78, 5) is 20.2. The normalized spacial score (nSPS) is 10.4. The maximum atomic E-state index is 13.7. The fourth-order valence-electron chi connectivity index (χ4n) is 2.31. The second-order valence-corrected chi connectivity index (χ2v) is 5.52. The van der Waals surface area contributed by atoms with Crippen molar-refractivity contribution in [2.24, 2.45) is 0 Å². The minimum Gasteiger partial charge on any atom is -0.492 e. The third kappa shape index (κ3) is 4.20. The monoisotopic (exact) mass is 388 g/mol. The van der Waals surface area contributed by atoms with Gasteiger partial charge < -0.3 is 15.4 Å². The van der Waals surface area contributed by atoms with Gasteiger partial charge in [-0.05, 0) is 31.2 Å². The van der Waals surface area contributed by atoms with Gasteiger partial charge in [0, 0.05) is 0 Å². The molecular formula is C19H15F3N4O2. The van der Waals surface area contributed by atoms with Gasteiger partial charge in [0.15, 0.2) is 17.5 Å². The van der Waals surface area contributed by atoms with Gasteiger partial charge in [-0.3, -0.25) is 4.79 Å². The van der Waals surface area contributed by atoms with E-state index < -0.39 is 23.4 Å². The van der Waals surface area contributed by atoms with Crippen LogP contribution < -0.4 is 15.4 Å². The molecule has 1 amide bonds. The number of anilines is 3. The van der Waals surface area contributed by atoms with Crippen LogP contribution >= 0.6 is 0 Å². The lowest BCUT2D eigenvalue weighted by atomic mass is 10.2. The predicted octanol–water partition coefficient (Wildman–Crippen LogP) is 4.29. The summed E-state index contributed by atoms with van der Waals surface area (Å²) >= 11 is 0. The lowest BCUT2D eigenvalue weighted by Crippen LogP contribution is -2.15. The standard InChI is InChI=1S/C19H15F3N4O2/c1-2-28-15-6-4-3-5-12(15)26-19(27)14-9-24-16(10-23-14)25-13-8-7-11(20)17(21)18(13)22/h3-10H,2H2,1H3,(H,24,25)(H,26,27). The van der Waals surface area contributed by atoms with Crippen LogP contribution in [0.1, 0.15) is 17.4 Å². The Morgan fingerprint density at radius 1 is 1.00 bits per heavy atom. The van der Waals surface area contributed by atoms with Crippen molar-refractivity contribution in [2.45, 2.75) is 6.92 Å². The van der Waals surface area contributed by atoms with Crippen LogP contribution in [-0.2, 0) is 0 Å². The topological polar surface area (TPSA) is 76.1 Å². The first-order valence-electron chi connectivity index (χ1n) is 8.25. The summed E-state index contributed by atoms with van der Waals surface area (Å²) in [6.45, 7) is 2.26. The number of para-hydroxylation sites is 2. The molecule has 1 heterocycles. The highest BCUT2D eigenvalue weighted by Gasteiger charge is 2.15. The van der Waals surface area contributed by atoms with Gasteiger partial charge in [0.05, 0.1) is 30.4 Å². The lowest BCUT2D eigenvalue weighted by Gasteiger charge is -2.11. The number of nitrogens with zero attached hydrogens (tertiary/aromatic N) is 2. The number of aromatic nitrogens is 2. The highest BCUT2D eigenvalue weighted by Crippen LogP contribution is 2.25. The van der Waals surface area contributed by atoms with Crippen LogP contribution in [0.4, 0.5) is 30.4 Å².